The molecular weight excluding hydrogens is 297 g/mol. The third kappa shape index (κ3) is 4.07. The molecule has 1 aromatic rings. The zero-order chi connectivity index (χ0) is 16.9. The van der Waals surface area contributed by atoms with Crippen molar-refractivity contribution in [2.45, 2.75) is 25.4 Å². The second kappa shape index (κ2) is 7.07. The Hall–Kier alpha value is -2.36. The van der Waals surface area contributed by atoms with Crippen molar-refractivity contribution in [1.29, 1.82) is 5.26 Å². The Labute approximate surface area is 125 Å². The summed E-state index contributed by atoms with van der Waals surface area (Å²) in [5.74, 6) is -3.73. The molecule has 0 heterocycles. The summed E-state index contributed by atoms with van der Waals surface area (Å²) >= 11 is 0. The summed E-state index contributed by atoms with van der Waals surface area (Å²) in [7, 11) is 1.28. The van der Waals surface area contributed by atoms with Crippen molar-refractivity contribution in [3.05, 3.63) is 35.4 Å². The number of nitrogens with one attached hydrogen (secondary N) is 1. The summed E-state index contributed by atoms with van der Waals surface area (Å²) in [6.45, 7) is 1.46. The zero-order valence-electron chi connectivity index (χ0n) is 12.1. The Bertz CT molecular complexity index is 606. The van der Waals surface area contributed by atoms with E-state index in [9.17, 15) is 22.8 Å². The lowest BCUT2D eigenvalue weighted by Crippen LogP contribution is -2.32. The first-order valence-electron chi connectivity index (χ1n) is 6.52. The molecule has 22 heavy (non-hydrogen) atoms. The average Bonchev–Trinajstić information content (AvgIpc) is 2.46. The number of benzene rings is 1. The van der Waals surface area contributed by atoms with Crippen molar-refractivity contribution in [1.82, 2.24) is 5.32 Å². The molecule has 1 amide bonds. The minimum Gasteiger partial charge on any atom is -0.358 e. The molecule has 0 fully saturated rings. The van der Waals surface area contributed by atoms with E-state index in [0.717, 1.165) is 6.07 Å². The molecule has 0 bridgehead atoms. The quantitative estimate of drug-likeness (QED) is 0.850. The van der Waals surface area contributed by atoms with Crippen LogP contribution in [0.25, 0.3) is 0 Å². The highest BCUT2D eigenvalue weighted by molar-refractivity contribution is 6.04. The van der Waals surface area contributed by atoms with Gasteiger partial charge in [0, 0.05) is 13.5 Å². The minimum absolute atomic E-state index is 0.0306. The second-order valence-electron chi connectivity index (χ2n) is 4.83. The molecule has 0 aromatic heterocycles. The molecule has 0 saturated heterocycles. The first-order valence-corrected chi connectivity index (χ1v) is 6.52. The highest BCUT2D eigenvalue weighted by Crippen LogP contribution is 2.36. The first kappa shape index (κ1) is 17.7. The summed E-state index contributed by atoms with van der Waals surface area (Å²) in [5, 5.41) is 11.0. The van der Waals surface area contributed by atoms with E-state index in [1.807, 2.05) is 0 Å². The minimum atomic E-state index is -4.52. The molecule has 1 aromatic carbocycles. The van der Waals surface area contributed by atoms with Crippen molar-refractivity contribution in [2.75, 3.05) is 7.05 Å². The van der Waals surface area contributed by atoms with Gasteiger partial charge in [0.05, 0.1) is 11.6 Å². The number of halogens is 3. The van der Waals surface area contributed by atoms with Crippen LogP contribution in [0.15, 0.2) is 24.3 Å². The van der Waals surface area contributed by atoms with E-state index in [-0.39, 0.29) is 12.0 Å². The summed E-state index contributed by atoms with van der Waals surface area (Å²) in [5.41, 5.74) is -0.847. The van der Waals surface area contributed by atoms with Crippen molar-refractivity contribution >= 4 is 11.7 Å². The van der Waals surface area contributed by atoms with Crippen LogP contribution in [-0.4, -0.2) is 18.7 Å². The predicted octanol–water partition coefficient (Wildman–Crippen LogP) is 2.65. The Morgan fingerprint density at radius 2 is 1.91 bits per heavy atom. The van der Waals surface area contributed by atoms with Crippen LogP contribution in [0.3, 0.4) is 0 Å². The summed E-state index contributed by atoms with van der Waals surface area (Å²) < 4.78 is 38.9. The third-order valence-corrected chi connectivity index (χ3v) is 3.26. The van der Waals surface area contributed by atoms with Crippen LogP contribution in [-0.2, 0) is 15.8 Å². The number of Topliss-reactive ketones (excluding diaryl/α,β-unsaturated/α-hetero) is 1. The number of nitrogens with zero attached hydrogens (tertiary/aromatic N) is 1. The van der Waals surface area contributed by atoms with Gasteiger partial charge in [0.2, 0.25) is 5.91 Å². The van der Waals surface area contributed by atoms with Gasteiger partial charge >= 0.3 is 6.18 Å². The van der Waals surface area contributed by atoms with Crippen LogP contribution >= 0.6 is 0 Å². The van der Waals surface area contributed by atoms with Crippen molar-refractivity contribution in [2.24, 2.45) is 5.92 Å². The molecule has 0 aliphatic rings. The second-order valence-corrected chi connectivity index (χ2v) is 4.83. The van der Waals surface area contributed by atoms with Crippen LogP contribution < -0.4 is 5.32 Å². The smallest absolute Gasteiger partial charge is 0.358 e. The Morgan fingerprint density at radius 1 is 1.32 bits per heavy atom. The molecule has 118 valence electrons. The molecule has 0 unspecified atom stereocenters. The van der Waals surface area contributed by atoms with Crippen molar-refractivity contribution in [3.63, 3.8) is 0 Å². The number of hydrogen-bond acceptors (Lipinski definition) is 3. The molecule has 2 atom stereocenters. The normalized spacial score (nSPS) is 13.8. The monoisotopic (exact) mass is 312 g/mol. The lowest BCUT2D eigenvalue weighted by atomic mass is 9.88. The number of alkyl halides is 3. The topological polar surface area (TPSA) is 70.0 Å². The maximum atomic E-state index is 13.0. The molecule has 0 spiro atoms. The van der Waals surface area contributed by atoms with Gasteiger partial charge in [-0.3, -0.25) is 9.59 Å². The Morgan fingerprint density at radius 3 is 2.41 bits per heavy atom. The number of nitriles is 1. The molecule has 1 N–H and O–H groups in total. The number of rotatable bonds is 5. The number of ketones is 1. The largest absolute Gasteiger partial charge is 0.416 e. The highest BCUT2D eigenvalue weighted by atomic mass is 19.4. The fourth-order valence-electron chi connectivity index (χ4n) is 2.14. The number of carbonyl (C=O) groups is 2. The van der Waals surface area contributed by atoms with Gasteiger partial charge in [0.1, 0.15) is 0 Å². The van der Waals surface area contributed by atoms with E-state index in [0.29, 0.717) is 0 Å². The Kier molecular flexibility index (Phi) is 5.69. The number of carbonyl (C=O) groups excluding carboxylic acids is 2. The van der Waals surface area contributed by atoms with Crippen LogP contribution in [0.5, 0.6) is 0 Å². The summed E-state index contributed by atoms with van der Waals surface area (Å²) in [6.07, 6.45) is -4.85. The van der Waals surface area contributed by atoms with Gasteiger partial charge in [-0.1, -0.05) is 25.1 Å². The molecule has 0 saturated carbocycles. The van der Waals surface area contributed by atoms with Gasteiger partial charge < -0.3 is 5.32 Å². The van der Waals surface area contributed by atoms with Crippen molar-refractivity contribution in [3.8, 4) is 6.07 Å². The number of amides is 1. The van der Waals surface area contributed by atoms with Crippen LogP contribution in [0.2, 0.25) is 0 Å². The third-order valence-electron chi connectivity index (χ3n) is 3.26. The first-order chi connectivity index (χ1) is 10.2. The van der Waals surface area contributed by atoms with Crippen LogP contribution in [0.1, 0.15) is 30.4 Å². The van der Waals surface area contributed by atoms with Gasteiger partial charge in [0.25, 0.3) is 0 Å². The predicted molar refractivity (Wildman–Crippen MR) is 72.7 cm³/mol. The van der Waals surface area contributed by atoms with Gasteiger partial charge in [0.15, 0.2) is 11.7 Å². The highest BCUT2D eigenvalue weighted by Gasteiger charge is 2.35. The van der Waals surface area contributed by atoms with Crippen LogP contribution in [0.4, 0.5) is 13.2 Å². The van der Waals surface area contributed by atoms with Crippen molar-refractivity contribution < 1.29 is 22.8 Å². The van der Waals surface area contributed by atoms with E-state index in [1.165, 1.54) is 32.2 Å². The van der Waals surface area contributed by atoms with Gasteiger partial charge in [-0.2, -0.15) is 18.4 Å². The van der Waals surface area contributed by atoms with E-state index >= 15 is 0 Å². The van der Waals surface area contributed by atoms with E-state index in [2.05, 4.69) is 5.32 Å². The molecular formula is C15H15F3N2O2. The lowest BCUT2D eigenvalue weighted by Gasteiger charge is -2.18. The molecule has 0 aliphatic carbocycles. The molecule has 4 nitrogen and oxygen atoms in total. The zero-order valence-corrected chi connectivity index (χ0v) is 12.1. The van der Waals surface area contributed by atoms with Gasteiger partial charge in [-0.25, -0.2) is 0 Å². The number of hydrogen-bond donors (Lipinski definition) is 1. The van der Waals surface area contributed by atoms with Gasteiger partial charge in [-0.05, 0) is 17.5 Å². The lowest BCUT2D eigenvalue weighted by molar-refractivity contribution is -0.139. The van der Waals surface area contributed by atoms with E-state index in [1.54, 1.807) is 6.07 Å². The summed E-state index contributed by atoms with van der Waals surface area (Å²) in [4.78, 5) is 23.3. The standard InChI is InChI=1S/C15H15F3N2O2/c1-9(7-13(21)11(8-19)14(22)20-2)10-5-3-4-6-12(10)15(16,17)18/h3-6,9,11H,7H2,1-2H3,(H,20,22)/t9-,11-/m0/s1. The molecule has 1 rings (SSSR count). The van der Waals surface area contributed by atoms with E-state index < -0.39 is 35.3 Å². The fraction of sp³-hybridized carbons (Fsp3) is 0.400. The molecule has 0 aliphatic heterocycles. The van der Waals surface area contributed by atoms with Gasteiger partial charge in [-0.15, -0.1) is 0 Å². The average molecular weight is 312 g/mol. The maximum absolute atomic E-state index is 13.0. The molecule has 7 heteroatoms. The van der Waals surface area contributed by atoms with E-state index in [4.69, 9.17) is 5.26 Å². The summed E-state index contributed by atoms with van der Waals surface area (Å²) in [6, 6.07) is 6.52. The maximum Gasteiger partial charge on any atom is 0.416 e. The molecule has 0 radical (unpaired) electrons. The SMILES string of the molecule is CNC(=O)[C@@H](C#N)C(=O)C[C@H](C)c1ccccc1C(F)(F)F. The fourth-order valence-corrected chi connectivity index (χ4v) is 2.14. The Balaban J connectivity index is 3.00. The van der Waals surface area contributed by atoms with Crippen LogP contribution in [0, 0.1) is 17.2 Å².